The van der Waals surface area contributed by atoms with E-state index >= 15 is 0 Å². The van der Waals surface area contributed by atoms with Crippen molar-refractivity contribution in [2.24, 2.45) is 0 Å². The summed E-state index contributed by atoms with van der Waals surface area (Å²) in [5, 5.41) is 0. The molecule has 2 aromatic rings. The van der Waals surface area contributed by atoms with Gasteiger partial charge in [-0.3, -0.25) is 4.79 Å². The summed E-state index contributed by atoms with van der Waals surface area (Å²) in [6.07, 6.45) is 3.78. The van der Waals surface area contributed by atoms with Crippen LogP contribution in [0.15, 0.2) is 58.3 Å². The minimum Gasteiger partial charge on any atom is -0.342 e. The molecule has 1 aliphatic heterocycles. The Kier molecular flexibility index (Phi) is 3.92. The summed E-state index contributed by atoms with van der Waals surface area (Å²) in [5.74, 6) is 0.303. The van der Waals surface area contributed by atoms with Gasteiger partial charge in [0.1, 0.15) is 0 Å². The van der Waals surface area contributed by atoms with E-state index in [1.165, 1.54) is 20.9 Å². The predicted octanol–water partition coefficient (Wildman–Crippen LogP) is 4.66. The minimum atomic E-state index is 0.103. The van der Waals surface area contributed by atoms with Gasteiger partial charge in [0, 0.05) is 34.7 Å². The molecule has 2 aromatic carbocycles. The Hall–Kier alpha value is -1.74. The first-order valence-electron chi connectivity index (χ1n) is 8.70. The number of hydrogen-bond acceptors (Lipinski definition) is 2. The number of aryl methyl sites for hydroxylation is 1. The van der Waals surface area contributed by atoms with Gasteiger partial charge in [-0.15, -0.1) is 0 Å². The predicted molar refractivity (Wildman–Crippen MR) is 98.5 cm³/mol. The standard InChI is InChI=1S/C21H23NOS/c1-21-13-12-20(23)22(2)19(21)11-8-15-14-17(9-10-18(15)21)24-16-6-4-3-5-7-16/h3-7,9-10,14,19H,8,11-13H2,1-2H3/t19-,21-/m1/s1. The number of benzene rings is 2. The number of likely N-dealkylation sites (N-methyl/N-ethyl adjacent to an activating group) is 1. The molecule has 2 atom stereocenters. The Morgan fingerprint density at radius 1 is 1.08 bits per heavy atom. The van der Waals surface area contributed by atoms with Crippen molar-refractivity contribution in [2.75, 3.05) is 7.05 Å². The van der Waals surface area contributed by atoms with Crippen molar-refractivity contribution in [1.29, 1.82) is 0 Å². The highest BCUT2D eigenvalue weighted by atomic mass is 32.2. The maximum absolute atomic E-state index is 12.1. The third-order valence-electron chi connectivity index (χ3n) is 5.81. The molecule has 1 heterocycles. The first-order chi connectivity index (χ1) is 11.6. The van der Waals surface area contributed by atoms with Gasteiger partial charge in [0.15, 0.2) is 0 Å². The fourth-order valence-corrected chi connectivity index (χ4v) is 5.35. The number of carbonyl (C=O) groups is 1. The van der Waals surface area contributed by atoms with Crippen molar-refractivity contribution in [3.05, 3.63) is 59.7 Å². The van der Waals surface area contributed by atoms with E-state index in [-0.39, 0.29) is 5.41 Å². The van der Waals surface area contributed by atoms with Crippen LogP contribution in [0.1, 0.15) is 37.3 Å². The summed E-state index contributed by atoms with van der Waals surface area (Å²) < 4.78 is 0. The molecule has 1 amide bonds. The van der Waals surface area contributed by atoms with Crippen LogP contribution in [0.4, 0.5) is 0 Å². The maximum Gasteiger partial charge on any atom is 0.222 e. The second-order valence-corrected chi connectivity index (χ2v) is 8.36. The second-order valence-electron chi connectivity index (χ2n) is 7.21. The topological polar surface area (TPSA) is 20.3 Å². The maximum atomic E-state index is 12.1. The van der Waals surface area contributed by atoms with Gasteiger partial charge in [-0.25, -0.2) is 0 Å². The van der Waals surface area contributed by atoms with Crippen molar-refractivity contribution in [1.82, 2.24) is 4.90 Å². The summed E-state index contributed by atoms with van der Waals surface area (Å²) in [4.78, 5) is 16.7. The monoisotopic (exact) mass is 337 g/mol. The number of nitrogens with zero attached hydrogens (tertiary/aromatic N) is 1. The lowest BCUT2D eigenvalue weighted by Gasteiger charge is -2.50. The molecule has 3 heteroatoms. The number of fused-ring (bicyclic) bond motifs is 3. The molecule has 0 radical (unpaired) electrons. The van der Waals surface area contributed by atoms with Crippen LogP contribution in [0.25, 0.3) is 0 Å². The fraction of sp³-hybridized carbons (Fsp3) is 0.381. The van der Waals surface area contributed by atoms with Crippen LogP contribution in [-0.4, -0.2) is 23.9 Å². The van der Waals surface area contributed by atoms with E-state index in [1.54, 1.807) is 0 Å². The van der Waals surface area contributed by atoms with E-state index in [9.17, 15) is 4.79 Å². The molecular weight excluding hydrogens is 314 g/mol. The molecule has 1 fully saturated rings. The molecule has 124 valence electrons. The van der Waals surface area contributed by atoms with Crippen LogP contribution in [0.3, 0.4) is 0 Å². The summed E-state index contributed by atoms with van der Waals surface area (Å²) in [6.45, 7) is 2.35. The molecule has 2 aliphatic rings. The highest BCUT2D eigenvalue weighted by molar-refractivity contribution is 7.99. The van der Waals surface area contributed by atoms with Gasteiger partial charge in [0.25, 0.3) is 0 Å². The van der Waals surface area contributed by atoms with Crippen LogP contribution in [-0.2, 0) is 16.6 Å². The van der Waals surface area contributed by atoms with Crippen LogP contribution in [0, 0.1) is 0 Å². The molecule has 0 aromatic heterocycles. The average Bonchev–Trinajstić information content (AvgIpc) is 2.59. The van der Waals surface area contributed by atoms with Crippen LogP contribution >= 0.6 is 11.8 Å². The zero-order chi connectivity index (χ0) is 16.7. The third-order valence-corrected chi connectivity index (χ3v) is 6.81. The zero-order valence-electron chi connectivity index (χ0n) is 14.3. The normalized spacial score (nSPS) is 26.0. The number of rotatable bonds is 2. The van der Waals surface area contributed by atoms with E-state index in [4.69, 9.17) is 0 Å². The smallest absolute Gasteiger partial charge is 0.222 e. The Bertz CT molecular complexity index is 773. The van der Waals surface area contributed by atoms with Crippen molar-refractivity contribution in [3.8, 4) is 0 Å². The molecule has 0 saturated carbocycles. The highest BCUT2D eigenvalue weighted by Crippen LogP contribution is 2.46. The van der Waals surface area contributed by atoms with Gasteiger partial charge in [-0.1, -0.05) is 43.0 Å². The first kappa shape index (κ1) is 15.8. The molecular formula is C21H23NOS. The average molecular weight is 337 g/mol. The lowest BCUT2D eigenvalue weighted by atomic mass is 9.63. The van der Waals surface area contributed by atoms with Crippen LogP contribution in [0.5, 0.6) is 0 Å². The van der Waals surface area contributed by atoms with Gasteiger partial charge in [0.2, 0.25) is 5.91 Å². The van der Waals surface area contributed by atoms with E-state index in [0.29, 0.717) is 18.4 Å². The molecule has 2 nitrogen and oxygen atoms in total. The van der Waals surface area contributed by atoms with E-state index in [2.05, 4.69) is 55.5 Å². The van der Waals surface area contributed by atoms with Gasteiger partial charge in [0.05, 0.1) is 0 Å². The number of piperidine rings is 1. The molecule has 1 saturated heterocycles. The Labute approximate surface area is 148 Å². The van der Waals surface area contributed by atoms with Crippen molar-refractivity contribution in [3.63, 3.8) is 0 Å². The Balaban J connectivity index is 1.66. The van der Waals surface area contributed by atoms with Crippen LogP contribution in [0.2, 0.25) is 0 Å². The van der Waals surface area contributed by atoms with E-state index in [0.717, 1.165) is 19.3 Å². The van der Waals surface area contributed by atoms with Gasteiger partial charge in [-0.05, 0) is 54.7 Å². The number of carbonyl (C=O) groups excluding carboxylic acids is 1. The summed E-state index contributed by atoms with van der Waals surface area (Å²) in [7, 11) is 1.98. The largest absolute Gasteiger partial charge is 0.342 e. The minimum absolute atomic E-state index is 0.103. The van der Waals surface area contributed by atoms with E-state index < -0.39 is 0 Å². The molecule has 0 N–H and O–H groups in total. The lowest BCUT2D eigenvalue weighted by Crippen LogP contribution is -2.56. The van der Waals surface area contributed by atoms with E-state index in [1.807, 2.05) is 23.7 Å². The van der Waals surface area contributed by atoms with Crippen LogP contribution < -0.4 is 0 Å². The molecule has 24 heavy (non-hydrogen) atoms. The molecule has 1 aliphatic carbocycles. The van der Waals surface area contributed by atoms with Gasteiger partial charge < -0.3 is 4.90 Å². The summed E-state index contributed by atoms with van der Waals surface area (Å²) in [5.41, 5.74) is 3.03. The quantitative estimate of drug-likeness (QED) is 0.794. The lowest BCUT2D eigenvalue weighted by molar-refractivity contribution is -0.138. The van der Waals surface area contributed by atoms with Crippen molar-refractivity contribution >= 4 is 17.7 Å². The molecule has 0 bridgehead atoms. The number of amides is 1. The molecule has 4 rings (SSSR count). The third kappa shape index (κ3) is 2.55. The Morgan fingerprint density at radius 2 is 1.88 bits per heavy atom. The Morgan fingerprint density at radius 3 is 2.67 bits per heavy atom. The SMILES string of the molecule is CN1C(=O)CC[C@]2(C)c3ccc(Sc4ccccc4)cc3CC[C@@H]12. The first-order valence-corrected chi connectivity index (χ1v) is 9.51. The van der Waals surface area contributed by atoms with Gasteiger partial charge >= 0.3 is 0 Å². The van der Waals surface area contributed by atoms with Crippen molar-refractivity contribution in [2.45, 2.75) is 53.9 Å². The fourth-order valence-electron chi connectivity index (χ4n) is 4.45. The highest BCUT2D eigenvalue weighted by Gasteiger charge is 2.46. The second kappa shape index (κ2) is 5.96. The molecule has 0 unspecified atom stereocenters. The summed E-state index contributed by atoms with van der Waals surface area (Å²) >= 11 is 1.83. The number of likely N-dealkylation sites (tertiary alicyclic amines) is 1. The zero-order valence-corrected chi connectivity index (χ0v) is 15.1. The van der Waals surface area contributed by atoms with Crippen molar-refractivity contribution < 1.29 is 4.79 Å². The molecule has 0 spiro atoms. The van der Waals surface area contributed by atoms with Gasteiger partial charge in [-0.2, -0.15) is 0 Å². The summed E-state index contributed by atoms with van der Waals surface area (Å²) in [6, 6.07) is 17.8. The number of hydrogen-bond donors (Lipinski definition) is 0.